The molecule has 0 saturated carbocycles. The Morgan fingerprint density at radius 1 is 1.40 bits per heavy atom. The second-order valence-corrected chi connectivity index (χ2v) is 4.57. The van der Waals surface area contributed by atoms with Crippen molar-refractivity contribution in [2.75, 3.05) is 26.3 Å². The number of hydrogen-bond acceptors (Lipinski definition) is 3. The first kappa shape index (κ1) is 9.36. The number of rotatable bonds is 2. The molecule has 82 valence electrons. The minimum Gasteiger partial charge on any atom is -0.378 e. The van der Waals surface area contributed by atoms with Crippen LogP contribution in [0.15, 0.2) is 12.3 Å². The fourth-order valence-electron chi connectivity index (χ4n) is 2.39. The molecule has 2 saturated heterocycles. The molecule has 0 N–H and O–H groups in total. The Labute approximate surface area is 89.8 Å². The van der Waals surface area contributed by atoms with Crippen LogP contribution < -0.4 is 0 Å². The van der Waals surface area contributed by atoms with Crippen molar-refractivity contribution in [1.82, 2.24) is 14.7 Å². The highest BCUT2D eigenvalue weighted by atomic mass is 16.5. The van der Waals surface area contributed by atoms with Crippen molar-refractivity contribution in [1.29, 1.82) is 0 Å². The highest BCUT2D eigenvalue weighted by molar-refractivity contribution is 4.98. The molecule has 1 aromatic heterocycles. The second-order valence-electron chi connectivity index (χ2n) is 4.57. The predicted molar refractivity (Wildman–Crippen MR) is 56.8 cm³/mol. The van der Waals surface area contributed by atoms with E-state index in [1.165, 1.54) is 13.0 Å². The Balaban J connectivity index is 1.65. The molecular formula is C11H17N3O. The number of nitrogens with zero attached hydrogens (tertiary/aromatic N) is 3. The van der Waals surface area contributed by atoms with Gasteiger partial charge in [0.25, 0.3) is 0 Å². The molecule has 0 bridgehead atoms. The number of aromatic nitrogens is 2. The number of likely N-dealkylation sites (tertiary alicyclic amines) is 1. The first-order valence-electron chi connectivity index (χ1n) is 5.66. The summed E-state index contributed by atoms with van der Waals surface area (Å²) in [4.78, 5) is 2.53. The van der Waals surface area contributed by atoms with Crippen molar-refractivity contribution < 1.29 is 4.74 Å². The molecule has 1 aromatic rings. The minimum atomic E-state index is 0.569. The average molecular weight is 207 g/mol. The predicted octanol–water partition coefficient (Wildman–Crippen LogP) is 0.837. The second kappa shape index (κ2) is 3.61. The molecule has 2 aliphatic heterocycles. The lowest BCUT2D eigenvalue weighted by atomic mass is 10.2. The fraction of sp³-hybridized carbons (Fsp3) is 0.727. The minimum absolute atomic E-state index is 0.569. The molecule has 1 unspecified atom stereocenters. The lowest BCUT2D eigenvalue weighted by Crippen LogP contribution is -2.47. The molecule has 2 fully saturated rings. The van der Waals surface area contributed by atoms with Gasteiger partial charge in [-0.1, -0.05) is 0 Å². The van der Waals surface area contributed by atoms with Crippen LogP contribution in [0.3, 0.4) is 0 Å². The van der Waals surface area contributed by atoms with Crippen LogP contribution in [0.4, 0.5) is 0 Å². The smallest absolute Gasteiger partial charge is 0.0658 e. The van der Waals surface area contributed by atoms with E-state index in [4.69, 9.17) is 4.74 Å². The summed E-state index contributed by atoms with van der Waals surface area (Å²) in [7, 11) is 0. The molecule has 0 aliphatic carbocycles. The van der Waals surface area contributed by atoms with Crippen LogP contribution in [-0.4, -0.2) is 47.0 Å². The van der Waals surface area contributed by atoms with Crippen molar-refractivity contribution in [2.45, 2.75) is 25.4 Å². The molecule has 4 heteroatoms. The van der Waals surface area contributed by atoms with Gasteiger partial charge in [-0.3, -0.25) is 9.58 Å². The third-order valence-corrected chi connectivity index (χ3v) is 3.45. The maximum absolute atomic E-state index is 5.23. The van der Waals surface area contributed by atoms with E-state index in [0.29, 0.717) is 12.1 Å². The van der Waals surface area contributed by atoms with Gasteiger partial charge in [0.05, 0.1) is 31.0 Å². The quantitative estimate of drug-likeness (QED) is 0.720. The van der Waals surface area contributed by atoms with Gasteiger partial charge in [-0.2, -0.15) is 5.10 Å². The summed E-state index contributed by atoms with van der Waals surface area (Å²) in [6.45, 7) is 6.21. The molecule has 3 heterocycles. The zero-order valence-corrected chi connectivity index (χ0v) is 9.09. The molecule has 0 spiro atoms. The molecule has 0 radical (unpaired) electrons. The Kier molecular flexibility index (Phi) is 2.25. The van der Waals surface area contributed by atoms with E-state index >= 15 is 0 Å². The van der Waals surface area contributed by atoms with Crippen LogP contribution in [0.1, 0.15) is 18.2 Å². The molecule has 4 nitrogen and oxygen atoms in total. The topological polar surface area (TPSA) is 30.3 Å². The van der Waals surface area contributed by atoms with Gasteiger partial charge in [-0.15, -0.1) is 0 Å². The summed E-state index contributed by atoms with van der Waals surface area (Å²) in [6, 6.07) is 3.32. The summed E-state index contributed by atoms with van der Waals surface area (Å²) in [6.07, 6.45) is 3.32. The molecule has 3 rings (SSSR count). The van der Waals surface area contributed by atoms with E-state index in [0.717, 1.165) is 25.5 Å². The Hall–Kier alpha value is -0.870. The third kappa shape index (κ3) is 1.68. The lowest BCUT2D eigenvalue weighted by Gasteiger charge is -2.34. The third-order valence-electron chi connectivity index (χ3n) is 3.45. The summed E-state index contributed by atoms with van der Waals surface area (Å²) in [5.41, 5.74) is 1.11. The largest absolute Gasteiger partial charge is 0.378 e. The van der Waals surface area contributed by atoms with Crippen molar-refractivity contribution in [2.24, 2.45) is 0 Å². The van der Waals surface area contributed by atoms with Gasteiger partial charge in [0.1, 0.15) is 0 Å². The van der Waals surface area contributed by atoms with Crippen molar-refractivity contribution >= 4 is 0 Å². The van der Waals surface area contributed by atoms with Crippen LogP contribution in [0.2, 0.25) is 0 Å². The zero-order valence-electron chi connectivity index (χ0n) is 9.09. The Bertz CT molecular complexity index is 345. The van der Waals surface area contributed by atoms with Gasteiger partial charge in [0, 0.05) is 19.3 Å². The fourth-order valence-corrected chi connectivity index (χ4v) is 2.39. The molecular weight excluding hydrogens is 190 g/mol. The molecule has 1 atom stereocenters. The van der Waals surface area contributed by atoms with Gasteiger partial charge in [0.2, 0.25) is 0 Å². The average Bonchev–Trinajstić information content (AvgIpc) is 2.70. The Morgan fingerprint density at radius 2 is 2.27 bits per heavy atom. The summed E-state index contributed by atoms with van der Waals surface area (Å²) >= 11 is 0. The molecule has 2 aliphatic rings. The Morgan fingerprint density at radius 3 is 2.87 bits per heavy atom. The SMILES string of the molecule is Cc1ccn(C2CCN(C3COC3)C2)n1. The first-order chi connectivity index (χ1) is 7.33. The maximum atomic E-state index is 5.23. The molecule has 15 heavy (non-hydrogen) atoms. The van der Waals surface area contributed by atoms with Gasteiger partial charge < -0.3 is 4.74 Å². The maximum Gasteiger partial charge on any atom is 0.0658 e. The van der Waals surface area contributed by atoms with Crippen LogP contribution in [0.5, 0.6) is 0 Å². The number of ether oxygens (including phenoxy) is 1. The normalized spacial score (nSPS) is 28.2. The number of hydrogen-bond donors (Lipinski definition) is 0. The lowest BCUT2D eigenvalue weighted by molar-refractivity contribution is -0.0579. The standard InChI is InChI=1S/C11H17N3O/c1-9-2-5-14(12-9)10-3-4-13(6-10)11-7-15-8-11/h2,5,10-11H,3-4,6-8H2,1H3. The zero-order chi connectivity index (χ0) is 10.3. The van der Waals surface area contributed by atoms with Crippen LogP contribution >= 0.6 is 0 Å². The van der Waals surface area contributed by atoms with Crippen LogP contribution in [-0.2, 0) is 4.74 Å². The number of aryl methyl sites for hydroxylation is 1. The van der Waals surface area contributed by atoms with Crippen molar-refractivity contribution in [3.8, 4) is 0 Å². The van der Waals surface area contributed by atoms with E-state index in [9.17, 15) is 0 Å². The van der Waals surface area contributed by atoms with Gasteiger partial charge in [-0.05, 0) is 19.4 Å². The van der Waals surface area contributed by atoms with Gasteiger partial charge in [-0.25, -0.2) is 0 Å². The monoisotopic (exact) mass is 207 g/mol. The highest BCUT2D eigenvalue weighted by Crippen LogP contribution is 2.25. The molecule has 0 aromatic carbocycles. The summed E-state index contributed by atoms with van der Waals surface area (Å²) in [5.74, 6) is 0. The van der Waals surface area contributed by atoms with Gasteiger partial charge in [0.15, 0.2) is 0 Å². The van der Waals surface area contributed by atoms with E-state index in [2.05, 4.69) is 26.9 Å². The van der Waals surface area contributed by atoms with Crippen LogP contribution in [0, 0.1) is 6.92 Å². The van der Waals surface area contributed by atoms with Gasteiger partial charge >= 0.3 is 0 Å². The van der Waals surface area contributed by atoms with E-state index in [1.807, 2.05) is 6.92 Å². The van der Waals surface area contributed by atoms with Crippen LogP contribution in [0.25, 0.3) is 0 Å². The van der Waals surface area contributed by atoms with Crippen molar-refractivity contribution in [3.05, 3.63) is 18.0 Å². The summed E-state index contributed by atoms with van der Waals surface area (Å²) in [5, 5.41) is 4.49. The summed E-state index contributed by atoms with van der Waals surface area (Å²) < 4.78 is 7.35. The van der Waals surface area contributed by atoms with E-state index < -0.39 is 0 Å². The van der Waals surface area contributed by atoms with Crippen molar-refractivity contribution in [3.63, 3.8) is 0 Å². The first-order valence-corrected chi connectivity index (χ1v) is 5.66. The highest BCUT2D eigenvalue weighted by Gasteiger charge is 2.33. The molecule has 0 amide bonds. The van der Waals surface area contributed by atoms with E-state index in [-0.39, 0.29) is 0 Å². The van der Waals surface area contributed by atoms with E-state index in [1.54, 1.807) is 0 Å².